The number of carbonyl (C=O) groups excluding carboxylic acids is 1. The summed E-state index contributed by atoms with van der Waals surface area (Å²) < 4.78 is 0. The van der Waals surface area contributed by atoms with Gasteiger partial charge in [-0.2, -0.15) is 0 Å². The lowest BCUT2D eigenvalue weighted by Gasteiger charge is -2.30. The first-order chi connectivity index (χ1) is 8.25. The molecule has 0 saturated carbocycles. The van der Waals surface area contributed by atoms with E-state index in [1.165, 1.54) is 6.42 Å². The number of urea groups is 1. The number of hydrogen-bond donors (Lipinski definition) is 2. The molecule has 1 aliphatic rings. The van der Waals surface area contributed by atoms with Crippen LogP contribution in [-0.4, -0.2) is 40.5 Å². The van der Waals surface area contributed by atoms with E-state index in [0.29, 0.717) is 12.5 Å². The normalized spacial score (nSPS) is 20.3. The van der Waals surface area contributed by atoms with Crippen LogP contribution in [-0.2, 0) is 6.42 Å². The van der Waals surface area contributed by atoms with Gasteiger partial charge in [0, 0.05) is 37.9 Å². The summed E-state index contributed by atoms with van der Waals surface area (Å²) in [6.07, 6.45) is 6.60. The number of rotatable bonds is 3. The van der Waals surface area contributed by atoms with E-state index in [1.54, 1.807) is 12.5 Å². The van der Waals surface area contributed by atoms with Crippen molar-refractivity contribution in [2.45, 2.75) is 26.2 Å². The Kier molecular flexibility index (Phi) is 4.01. The molecule has 1 aromatic heterocycles. The Morgan fingerprint density at radius 1 is 1.71 bits per heavy atom. The van der Waals surface area contributed by atoms with Crippen molar-refractivity contribution in [2.24, 2.45) is 5.92 Å². The van der Waals surface area contributed by atoms with Crippen LogP contribution in [0, 0.1) is 5.92 Å². The van der Waals surface area contributed by atoms with Crippen molar-refractivity contribution in [3.05, 3.63) is 18.2 Å². The van der Waals surface area contributed by atoms with Gasteiger partial charge in [0.25, 0.3) is 0 Å². The number of imidazole rings is 1. The van der Waals surface area contributed by atoms with E-state index in [-0.39, 0.29) is 6.03 Å². The number of hydrogen-bond acceptors (Lipinski definition) is 2. The molecule has 1 atom stereocenters. The van der Waals surface area contributed by atoms with Crippen molar-refractivity contribution < 1.29 is 4.79 Å². The molecule has 1 saturated heterocycles. The summed E-state index contributed by atoms with van der Waals surface area (Å²) in [5.41, 5.74) is 1.05. The van der Waals surface area contributed by atoms with Crippen LogP contribution >= 0.6 is 0 Å². The topological polar surface area (TPSA) is 61.0 Å². The molecule has 2 heterocycles. The van der Waals surface area contributed by atoms with E-state index < -0.39 is 0 Å². The minimum Gasteiger partial charge on any atom is -0.348 e. The van der Waals surface area contributed by atoms with Gasteiger partial charge in [-0.1, -0.05) is 6.92 Å². The third kappa shape index (κ3) is 3.47. The number of nitrogens with one attached hydrogen (secondary N) is 2. The Bertz CT molecular complexity index is 349. The molecule has 5 nitrogen and oxygen atoms in total. The highest BCUT2D eigenvalue weighted by Crippen LogP contribution is 2.15. The van der Waals surface area contributed by atoms with Crippen LogP contribution in [0.5, 0.6) is 0 Å². The van der Waals surface area contributed by atoms with Crippen LogP contribution in [0.2, 0.25) is 0 Å². The zero-order chi connectivity index (χ0) is 12.1. The minimum absolute atomic E-state index is 0.0658. The van der Waals surface area contributed by atoms with Gasteiger partial charge in [-0.25, -0.2) is 9.78 Å². The zero-order valence-corrected chi connectivity index (χ0v) is 10.3. The van der Waals surface area contributed by atoms with Gasteiger partial charge in [0.15, 0.2) is 0 Å². The molecular weight excluding hydrogens is 216 g/mol. The predicted molar refractivity (Wildman–Crippen MR) is 65.7 cm³/mol. The van der Waals surface area contributed by atoms with Crippen LogP contribution in [0.25, 0.3) is 0 Å². The number of aromatic nitrogens is 2. The molecule has 2 N–H and O–H groups in total. The maximum absolute atomic E-state index is 11.9. The van der Waals surface area contributed by atoms with Gasteiger partial charge in [0.05, 0.1) is 6.33 Å². The largest absolute Gasteiger partial charge is 0.348 e. The summed E-state index contributed by atoms with van der Waals surface area (Å²) in [7, 11) is 0. The summed E-state index contributed by atoms with van der Waals surface area (Å²) >= 11 is 0. The summed E-state index contributed by atoms with van der Waals surface area (Å²) in [5.74, 6) is 0.627. The molecule has 5 heteroatoms. The minimum atomic E-state index is 0.0658. The molecule has 1 aromatic rings. The first-order valence-electron chi connectivity index (χ1n) is 6.25. The van der Waals surface area contributed by atoms with E-state index in [9.17, 15) is 4.79 Å². The Hall–Kier alpha value is -1.52. The van der Waals surface area contributed by atoms with Crippen molar-refractivity contribution in [1.82, 2.24) is 20.2 Å². The fraction of sp³-hybridized carbons (Fsp3) is 0.667. The SMILES string of the molecule is CC1CCCN(C(=O)NCCc2cnc[nH]2)C1. The Morgan fingerprint density at radius 3 is 3.29 bits per heavy atom. The molecule has 0 aliphatic carbocycles. The van der Waals surface area contributed by atoms with Crippen LogP contribution in [0.1, 0.15) is 25.5 Å². The molecule has 1 aliphatic heterocycles. The lowest BCUT2D eigenvalue weighted by molar-refractivity contribution is 0.170. The van der Waals surface area contributed by atoms with Gasteiger partial charge < -0.3 is 15.2 Å². The first-order valence-corrected chi connectivity index (χ1v) is 6.25. The smallest absolute Gasteiger partial charge is 0.317 e. The molecular formula is C12H20N4O. The molecule has 2 rings (SSSR count). The number of nitrogens with zero attached hydrogens (tertiary/aromatic N) is 2. The number of aromatic amines is 1. The summed E-state index contributed by atoms with van der Waals surface area (Å²) in [6.45, 7) is 4.63. The molecule has 0 bridgehead atoms. The van der Waals surface area contributed by atoms with Crippen molar-refractivity contribution in [3.8, 4) is 0 Å². The molecule has 2 amide bonds. The van der Waals surface area contributed by atoms with Crippen molar-refractivity contribution in [2.75, 3.05) is 19.6 Å². The van der Waals surface area contributed by atoms with Crippen LogP contribution < -0.4 is 5.32 Å². The van der Waals surface area contributed by atoms with Gasteiger partial charge in [-0.05, 0) is 18.8 Å². The summed E-state index contributed by atoms with van der Waals surface area (Å²) in [6, 6.07) is 0.0658. The standard InChI is InChI=1S/C12H20N4O/c1-10-3-2-6-16(8-10)12(17)14-5-4-11-7-13-9-15-11/h7,9-10H,2-6,8H2,1H3,(H,13,15)(H,14,17). The maximum atomic E-state index is 11.9. The van der Waals surface area contributed by atoms with Gasteiger partial charge >= 0.3 is 6.03 Å². The second-order valence-electron chi connectivity index (χ2n) is 4.75. The van der Waals surface area contributed by atoms with Crippen LogP contribution in [0.4, 0.5) is 4.79 Å². The molecule has 0 radical (unpaired) electrons. The quantitative estimate of drug-likeness (QED) is 0.833. The molecule has 17 heavy (non-hydrogen) atoms. The average molecular weight is 236 g/mol. The average Bonchev–Trinajstić information content (AvgIpc) is 2.82. The van der Waals surface area contributed by atoms with E-state index in [2.05, 4.69) is 22.2 Å². The van der Waals surface area contributed by atoms with Gasteiger partial charge in [0.1, 0.15) is 0 Å². The number of likely N-dealkylation sites (tertiary alicyclic amines) is 1. The molecule has 0 spiro atoms. The third-order valence-corrected chi connectivity index (χ3v) is 3.17. The van der Waals surface area contributed by atoms with Crippen molar-refractivity contribution in [3.63, 3.8) is 0 Å². The monoisotopic (exact) mass is 236 g/mol. The summed E-state index contributed by atoms with van der Waals surface area (Å²) in [4.78, 5) is 20.7. The molecule has 0 aromatic carbocycles. The Balaban J connectivity index is 1.70. The maximum Gasteiger partial charge on any atom is 0.317 e. The van der Waals surface area contributed by atoms with Gasteiger partial charge in [0.2, 0.25) is 0 Å². The lowest BCUT2D eigenvalue weighted by Crippen LogP contribution is -2.45. The molecule has 1 fully saturated rings. The highest BCUT2D eigenvalue weighted by atomic mass is 16.2. The lowest BCUT2D eigenvalue weighted by atomic mass is 10.0. The molecule has 1 unspecified atom stereocenters. The van der Waals surface area contributed by atoms with Crippen molar-refractivity contribution >= 4 is 6.03 Å². The summed E-state index contributed by atoms with van der Waals surface area (Å²) in [5, 5.41) is 2.95. The van der Waals surface area contributed by atoms with E-state index in [0.717, 1.165) is 31.6 Å². The highest BCUT2D eigenvalue weighted by molar-refractivity contribution is 5.74. The second kappa shape index (κ2) is 5.70. The van der Waals surface area contributed by atoms with Crippen LogP contribution in [0.15, 0.2) is 12.5 Å². The molecule has 94 valence electrons. The van der Waals surface area contributed by atoms with E-state index in [1.807, 2.05) is 4.90 Å². The van der Waals surface area contributed by atoms with E-state index >= 15 is 0 Å². The fourth-order valence-corrected chi connectivity index (χ4v) is 2.21. The number of carbonyl (C=O) groups is 1. The predicted octanol–water partition coefficient (Wildman–Crippen LogP) is 1.39. The number of H-pyrrole nitrogens is 1. The van der Waals surface area contributed by atoms with Crippen molar-refractivity contribution in [1.29, 1.82) is 0 Å². The Morgan fingerprint density at radius 2 is 2.59 bits per heavy atom. The van der Waals surface area contributed by atoms with Gasteiger partial charge in [-0.15, -0.1) is 0 Å². The number of piperidine rings is 1. The number of amides is 2. The Labute approximate surface area is 102 Å². The third-order valence-electron chi connectivity index (χ3n) is 3.17. The van der Waals surface area contributed by atoms with Crippen LogP contribution in [0.3, 0.4) is 0 Å². The second-order valence-corrected chi connectivity index (χ2v) is 4.75. The fourth-order valence-electron chi connectivity index (χ4n) is 2.21. The highest BCUT2D eigenvalue weighted by Gasteiger charge is 2.20. The first kappa shape index (κ1) is 12.0. The zero-order valence-electron chi connectivity index (χ0n) is 10.3. The van der Waals surface area contributed by atoms with Gasteiger partial charge in [-0.3, -0.25) is 0 Å². The van der Waals surface area contributed by atoms with E-state index in [4.69, 9.17) is 0 Å².